The Balaban J connectivity index is 1.82. The van der Waals surface area contributed by atoms with E-state index in [0.717, 1.165) is 43.0 Å². The lowest BCUT2D eigenvalue weighted by Crippen LogP contribution is -2.39. The second-order valence-electron chi connectivity index (χ2n) is 5.90. The van der Waals surface area contributed by atoms with Crippen LogP contribution < -0.4 is 4.74 Å². The molecule has 0 saturated carbocycles. The first kappa shape index (κ1) is 14.8. The molecule has 0 aromatic carbocycles. The molecule has 0 bridgehead atoms. The summed E-state index contributed by atoms with van der Waals surface area (Å²) in [6.45, 7) is 6.04. The van der Waals surface area contributed by atoms with Crippen LogP contribution in [-0.4, -0.2) is 38.5 Å². The second-order valence-corrected chi connectivity index (χ2v) is 5.90. The standard InChI is InChI=1S/C16H21N5O/c1-12-5-7-17-14(20-12)16(2)6-4-8-21(16)11-13-9-18-15(22-3)19-10-13/h5,7,9-10H,4,6,8,11H2,1-3H3/t16-/m1/s1. The molecule has 1 fully saturated rings. The van der Waals surface area contributed by atoms with Crippen LogP contribution in [0.15, 0.2) is 24.7 Å². The average Bonchev–Trinajstić information content (AvgIpc) is 2.90. The molecule has 0 spiro atoms. The van der Waals surface area contributed by atoms with Gasteiger partial charge in [0.25, 0.3) is 0 Å². The van der Waals surface area contributed by atoms with Gasteiger partial charge in [-0.25, -0.2) is 19.9 Å². The van der Waals surface area contributed by atoms with Gasteiger partial charge in [-0.15, -0.1) is 0 Å². The van der Waals surface area contributed by atoms with Crippen LogP contribution >= 0.6 is 0 Å². The van der Waals surface area contributed by atoms with Crippen LogP contribution in [0.4, 0.5) is 0 Å². The SMILES string of the molecule is COc1ncc(CN2CCC[C@]2(C)c2nccc(C)n2)cn1. The molecule has 1 saturated heterocycles. The number of aromatic nitrogens is 4. The smallest absolute Gasteiger partial charge is 0.316 e. The van der Waals surface area contributed by atoms with Crippen LogP contribution in [0.5, 0.6) is 6.01 Å². The molecule has 0 aliphatic carbocycles. The third-order valence-corrected chi connectivity index (χ3v) is 4.30. The predicted molar refractivity (Wildman–Crippen MR) is 82.3 cm³/mol. The van der Waals surface area contributed by atoms with Gasteiger partial charge in [-0.3, -0.25) is 4.90 Å². The molecular weight excluding hydrogens is 278 g/mol. The van der Waals surface area contributed by atoms with Gasteiger partial charge in [0.15, 0.2) is 0 Å². The number of nitrogens with zero attached hydrogens (tertiary/aromatic N) is 5. The van der Waals surface area contributed by atoms with Gasteiger partial charge >= 0.3 is 6.01 Å². The Morgan fingerprint density at radius 3 is 2.73 bits per heavy atom. The highest BCUT2D eigenvalue weighted by Gasteiger charge is 2.40. The van der Waals surface area contributed by atoms with Crippen LogP contribution in [0, 0.1) is 6.92 Å². The maximum Gasteiger partial charge on any atom is 0.316 e. The topological polar surface area (TPSA) is 64.0 Å². The molecule has 6 heteroatoms. The second kappa shape index (κ2) is 5.96. The van der Waals surface area contributed by atoms with Gasteiger partial charge in [-0.2, -0.15) is 0 Å². The largest absolute Gasteiger partial charge is 0.467 e. The summed E-state index contributed by atoms with van der Waals surface area (Å²) in [5.41, 5.74) is 1.94. The van der Waals surface area contributed by atoms with Crippen molar-refractivity contribution in [1.82, 2.24) is 24.8 Å². The van der Waals surface area contributed by atoms with Crippen LogP contribution in [0.25, 0.3) is 0 Å². The Bertz CT molecular complexity index is 645. The van der Waals surface area contributed by atoms with E-state index >= 15 is 0 Å². The molecule has 6 nitrogen and oxygen atoms in total. The van der Waals surface area contributed by atoms with Gasteiger partial charge in [0.1, 0.15) is 5.82 Å². The van der Waals surface area contributed by atoms with E-state index in [0.29, 0.717) is 6.01 Å². The first-order chi connectivity index (χ1) is 10.6. The maximum absolute atomic E-state index is 5.01. The van der Waals surface area contributed by atoms with Gasteiger partial charge in [-0.1, -0.05) is 0 Å². The summed E-state index contributed by atoms with van der Waals surface area (Å²) in [7, 11) is 1.57. The molecule has 0 N–H and O–H groups in total. The third-order valence-electron chi connectivity index (χ3n) is 4.30. The van der Waals surface area contributed by atoms with E-state index in [1.807, 2.05) is 31.6 Å². The van der Waals surface area contributed by atoms with Gasteiger partial charge < -0.3 is 4.74 Å². The summed E-state index contributed by atoms with van der Waals surface area (Å²) >= 11 is 0. The lowest BCUT2D eigenvalue weighted by molar-refractivity contribution is 0.137. The van der Waals surface area contributed by atoms with Crippen LogP contribution in [0.2, 0.25) is 0 Å². The summed E-state index contributed by atoms with van der Waals surface area (Å²) in [4.78, 5) is 19.9. The molecule has 1 aliphatic heterocycles. The summed E-state index contributed by atoms with van der Waals surface area (Å²) in [6, 6.07) is 2.33. The fourth-order valence-corrected chi connectivity index (χ4v) is 2.98. The zero-order valence-corrected chi connectivity index (χ0v) is 13.3. The monoisotopic (exact) mass is 299 g/mol. The number of hydrogen-bond donors (Lipinski definition) is 0. The quantitative estimate of drug-likeness (QED) is 0.861. The van der Waals surface area contributed by atoms with Crippen molar-refractivity contribution in [3.63, 3.8) is 0 Å². The van der Waals surface area contributed by atoms with E-state index < -0.39 is 0 Å². The normalized spacial score (nSPS) is 22.0. The van der Waals surface area contributed by atoms with Crippen LogP contribution in [-0.2, 0) is 12.1 Å². The fourth-order valence-electron chi connectivity index (χ4n) is 2.98. The van der Waals surface area contributed by atoms with Gasteiger partial charge in [0, 0.05) is 36.4 Å². The Kier molecular flexibility index (Phi) is 4.02. The number of ether oxygens (including phenoxy) is 1. The Morgan fingerprint density at radius 1 is 1.27 bits per heavy atom. The van der Waals surface area contributed by atoms with Crippen molar-refractivity contribution in [2.45, 2.75) is 38.8 Å². The van der Waals surface area contributed by atoms with E-state index in [9.17, 15) is 0 Å². The Labute approximate surface area is 130 Å². The van der Waals surface area contributed by atoms with Crippen molar-refractivity contribution in [1.29, 1.82) is 0 Å². The number of hydrogen-bond acceptors (Lipinski definition) is 6. The summed E-state index contributed by atoms with van der Waals surface area (Å²) in [6.07, 6.45) is 7.69. The Morgan fingerprint density at radius 2 is 2.05 bits per heavy atom. The van der Waals surface area contributed by atoms with Crippen molar-refractivity contribution in [3.8, 4) is 6.01 Å². The lowest BCUT2D eigenvalue weighted by atomic mass is 9.97. The minimum Gasteiger partial charge on any atom is -0.467 e. The molecule has 2 aromatic rings. The zero-order valence-electron chi connectivity index (χ0n) is 13.3. The molecule has 22 heavy (non-hydrogen) atoms. The van der Waals surface area contributed by atoms with E-state index in [1.54, 1.807) is 7.11 Å². The van der Waals surface area contributed by atoms with E-state index in [4.69, 9.17) is 4.74 Å². The third kappa shape index (κ3) is 2.78. The molecular formula is C16H21N5O. The van der Waals surface area contributed by atoms with Crippen molar-refractivity contribution < 1.29 is 4.74 Å². The van der Waals surface area contributed by atoms with E-state index in [-0.39, 0.29) is 5.54 Å². The van der Waals surface area contributed by atoms with Crippen LogP contribution in [0.3, 0.4) is 0 Å². The fraction of sp³-hybridized carbons (Fsp3) is 0.500. The highest BCUT2D eigenvalue weighted by molar-refractivity contribution is 5.14. The van der Waals surface area contributed by atoms with E-state index in [1.165, 1.54) is 0 Å². The summed E-state index contributed by atoms with van der Waals surface area (Å²) in [5.74, 6) is 0.902. The minimum absolute atomic E-state index is 0.133. The van der Waals surface area contributed by atoms with Gasteiger partial charge in [0.05, 0.1) is 12.6 Å². The molecule has 116 valence electrons. The molecule has 0 unspecified atom stereocenters. The number of methoxy groups -OCH3 is 1. The summed E-state index contributed by atoms with van der Waals surface area (Å²) in [5, 5.41) is 0. The molecule has 1 aliphatic rings. The molecule has 1 atom stereocenters. The zero-order chi connectivity index (χ0) is 15.6. The van der Waals surface area contributed by atoms with Gasteiger partial charge in [0.2, 0.25) is 0 Å². The van der Waals surface area contributed by atoms with Crippen molar-refractivity contribution >= 4 is 0 Å². The number of likely N-dealkylation sites (tertiary alicyclic amines) is 1. The lowest BCUT2D eigenvalue weighted by Gasteiger charge is -2.33. The number of aryl methyl sites for hydroxylation is 1. The average molecular weight is 299 g/mol. The van der Waals surface area contributed by atoms with Crippen molar-refractivity contribution in [2.24, 2.45) is 0 Å². The highest BCUT2D eigenvalue weighted by atomic mass is 16.5. The first-order valence-corrected chi connectivity index (χ1v) is 7.52. The Hall–Kier alpha value is -2.08. The molecule has 0 amide bonds. The maximum atomic E-state index is 5.01. The predicted octanol–water partition coefficient (Wildman–Crippen LogP) is 2.09. The first-order valence-electron chi connectivity index (χ1n) is 7.52. The van der Waals surface area contributed by atoms with Crippen molar-refractivity contribution in [3.05, 3.63) is 41.7 Å². The van der Waals surface area contributed by atoms with Crippen LogP contribution in [0.1, 0.15) is 36.8 Å². The molecule has 0 radical (unpaired) electrons. The van der Waals surface area contributed by atoms with Crippen molar-refractivity contribution in [2.75, 3.05) is 13.7 Å². The summed E-state index contributed by atoms with van der Waals surface area (Å²) < 4.78 is 5.01. The van der Waals surface area contributed by atoms with E-state index in [2.05, 4.69) is 31.8 Å². The molecule has 3 rings (SSSR count). The molecule has 3 heterocycles. The van der Waals surface area contributed by atoms with Gasteiger partial charge in [-0.05, 0) is 39.3 Å². The number of rotatable bonds is 4. The minimum atomic E-state index is -0.133. The molecule has 2 aromatic heterocycles. The highest BCUT2D eigenvalue weighted by Crippen LogP contribution is 2.37.